The van der Waals surface area contributed by atoms with E-state index in [1.54, 1.807) is 0 Å². The van der Waals surface area contributed by atoms with Crippen molar-refractivity contribution < 1.29 is 111 Å². The zero-order valence-electron chi connectivity index (χ0n) is 43.6. The van der Waals surface area contributed by atoms with Gasteiger partial charge in [-0.05, 0) is 62.3 Å². The highest BCUT2D eigenvalue weighted by Gasteiger charge is 2.47. The monoisotopic (exact) mass is 1220 g/mol. The number of aliphatic hydroxyl groups excluding tert-OH is 1. The van der Waals surface area contributed by atoms with Gasteiger partial charge in [0.05, 0.1) is 85.8 Å². The predicted molar refractivity (Wildman–Crippen MR) is 279 cm³/mol. The van der Waals surface area contributed by atoms with Gasteiger partial charge >= 0.3 is 20.3 Å². The Hall–Kier alpha value is -5.71. The van der Waals surface area contributed by atoms with E-state index in [0.29, 0.717) is 19.4 Å². The molecule has 5 aliphatic rings. The van der Waals surface area contributed by atoms with Crippen LogP contribution in [0.15, 0.2) is 50.7 Å². The summed E-state index contributed by atoms with van der Waals surface area (Å²) in [7, 11) is -17.2. The summed E-state index contributed by atoms with van der Waals surface area (Å²) in [5, 5.41) is 32.2. The van der Waals surface area contributed by atoms with Crippen LogP contribution < -0.4 is 27.1 Å². The van der Waals surface area contributed by atoms with E-state index in [0.717, 1.165) is 12.1 Å². The average Bonchev–Trinajstić information content (AvgIpc) is 3.17. The minimum Gasteiger partial charge on any atom is -0.748 e. The minimum absolute atomic E-state index is 0.00482. The molecule has 1 aromatic carbocycles. The number of nitrogens with one attached hydrogen (secondary N) is 2. The second-order valence-electron chi connectivity index (χ2n) is 18.6. The molecule has 0 bridgehead atoms. The van der Waals surface area contributed by atoms with Crippen LogP contribution in [0.5, 0.6) is 0 Å². The number of nitrogens with two attached hydrogens (primary N) is 2. The fourth-order valence-corrected chi connectivity index (χ4v) is 12.4. The van der Waals surface area contributed by atoms with E-state index in [1.165, 1.54) is 29.2 Å². The number of benzene rings is 2. The molecule has 446 valence electrons. The Labute approximate surface area is 466 Å². The summed E-state index contributed by atoms with van der Waals surface area (Å²) in [6, 6.07) is 5.56. The Bertz CT molecular complexity index is 3230. The highest BCUT2D eigenvalue weighted by atomic mass is 32.2. The predicted octanol–water partition coefficient (Wildman–Crippen LogP) is -1.03. The molecule has 0 radical (unpaired) electrons. The molecular formula is C48H63N6O23PS3. The van der Waals surface area contributed by atoms with Gasteiger partial charge in [-0.1, -0.05) is 18.6 Å². The van der Waals surface area contributed by atoms with Crippen molar-refractivity contribution in [2.75, 3.05) is 90.6 Å². The van der Waals surface area contributed by atoms with E-state index >= 15 is 0 Å². The molecule has 81 heavy (non-hydrogen) atoms. The second kappa shape index (κ2) is 29.5. The molecule has 33 heteroatoms. The maximum Gasteiger partial charge on any atom is 0.695 e. The number of amides is 4. The highest BCUT2D eigenvalue weighted by Crippen LogP contribution is 2.46. The molecule has 29 nitrogen and oxygen atoms in total. The standard InChI is InChI=1S/C48H63N6O23PS3/c49-35-12-11-33-39(32-7-4-8-37(81(68,69)70)41(32)76-42(33)43(35)79(63,64)24-2-1-3-25-80(65,66)67)31-10-9-29(26-34(31)47(58)59)45(57)52-15-17-72-19-21-74-23-22-73-20-18-71-16-13-38(55)51-14-5-6-30-27-54(48(60)53-44(30)50)46-40(56)36(28-75-46)77-78(61)62/h8-12,26,30,36,40,46,49,56H,1-7,13-25,27-28H2,(H7-,50,51,52,53,55,57,58,59,60,61,62,65,66,67,68,69,70)/t30?,36?,40-,46+/m0/s1. The number of aliphatic hydroxyl groups is 1. The lowest BCUT2D eigenvalue weighted by Gasteiger charge is -2.34. The molecule has 3 aliphatic heterocycles. The van der Waals surface area contributed by atoms with Crippen LogP contribution in [0.25, 0.3) is 27.4 Å². The van der Waals surface area contributed by atoms with Gasteiger partial charge in [-0.3, -0.25) is 19.9 Å². The first-order chi connectivity index (χ1) is 38.4. The van der Waals surface area contributed by atoms with Crippen LogP contribution in [0, 0.1) is 5.92 Å². The number of carboxylic acid groups (broad SMARTS) is 1. The number of urea groups is 1. The SMILES string of the molecule is NC1=NC(=O)N([C@@H]2OCC(O[P+](=O)O)[C@@H]2O)CC1CCCNC(=O)CCOCCOCCOCCOCCNC(=O)c1ccc(-c2c3ccc(=[NH2+])c(S(=O)(=O)CCCCCS(=O)(=O)[O-])c-3oc3c2CCC=C3S(=O)(=O)[O-])c(C(=O)O)c1. The molecule has 4 amide bonds. The number of carboxylic acids is 1. The van der Waals surface area contributed by atoms with Gasteiger partial charge in [0.25, 0.3) is 5.91 Å². The van der Waals surface area contributed by atoms with Crippen molar-refractivity contribution in [2.45, 2.75) is 74.7 Å². The van der Waals surface area contributed by atoms with Crippen LogP contribution >= 0.6 is 8.25 Å². The topological polar surface area (TPSA) is 454 Å². The average molecular weight is 1220 g/mol. The maximum absolute atomic E-state index is 13.9. The first-order valence-electron chi connectivity index (χ1n) is 25.4. The van der Waals surface area contributed by atoms with Gasteiger partial charge in [0.15, 0.2) is 32.8 Å². The molecule has 6 rings (SSSR count). The molecule has 1 aromatic rings. The number of ether oxygens (including phenoxy) is 5. The molecule has 2 aliphatic carbocycles. The smallest absolute Gasteiger partial charge is 0.695 e. The van der Waals surface area contributed by atoms with Crippen molar-refractivity contribution in [1.29, 1.82) is 0 Å². The molecule has 0 spiro atoms. The van der Waals surface area contributed by atoms with Crippen molar-refractivity contribution in [1.82, 2.24) is 15.5 Å². The molecule has 0 saturated carbocycles. The number of carbonyl (C=O) groups is 4. The first-order valence-corrected chi connectivity index (χ1v) is 31.2. The number of aliphatic imine (C=N–C) groups is 1. The molecule has 1 fully saturated rings. The van der Waals surface area contributed by atoms with Gasteiger partial charge in [-0.2, -0.15) is 4.99 Å². The Kier molecular flexibility index (Phi) is 23.5. The van der Waals surface area contributed by atoms with Gasteiger partial charge in [-0.25, -0.2) is 34.8 Å². The van der Waals surface area contributed by atoms with Crippen LogP contribution in [0.4, 0.5) is 4.79 Å². The number of amidine groups is 1. The number of sulfone groups is 1. The second-order valence-corrected chi connectivity index (χ2v) is 24.2. The third kappa shape index (κ3) is 18.1. The zero-order valence-corrected chi connectivity index (χ0v) is 46.9. The number of carbonyl (C=O) groups excluding carboxylic acids is 3. The van der Waals surface area contributed by atoms with Gasteiger partial charge in [0.2, 0.25) is 11.3 Å². The number of aromatic carboxylic acids is 1. The number of unbranched alkanes of at least 4 members (excludes halogenated alkanes) is 2. The van der Waals surface area contributed by atoms with E-state index in [1.807, 2.05) is 0 Å². The number of fused-ring (bicyclic) bond motifs is 2. The number of nitrogens with zero attached hydrogens (tertiary/aromatic N) is 2. The van der Waals surface area contributed by atoms with E-state index < -0.39 is 113 Å². The van der Waals surface area contributed by atoms with Crippen LogP contribution in [0.1, 0.15) is 77.0 Å². The van der Waals surface area contributed by atoms with Crippen LogP contribution in [0.2, 0.25) is 0 Å². The summed E-state index contributed by atoms with van der Waals surface area (Å²) < 4.78 is 148. The number of hydrogen-bond donors (Lipinski definition) is 7. The third-order valence-corrected chi connectivity index (χ3v) is 16.9. The third-order valence-electron chi connectivity index (χ3n) is 12.9. The lowest BCUT2D eigenvalue weighted by Crippen LogP contribution is -2.53. The number of allylic oxidation sites excluding steroid dienone is 1. The van der Waals surface area contributed by atoms with Crippen molar-refractivity contribution >= 4 is 72.9 Å². The van der Waals surface area contributed by atoms with Gasteiger partial charge in [-0.15, -0.1) is 9.42 Å². The van der Waals surface area contributed by atoms with Gasteiger partial charge < -0.3 is 63.8 Å². The summed E-state index contributed by atoms with van der Waals surface area (Å²) in [6.45, 7) is 1.72. The lowest BCUT2D eigenvalue weighted by molar-refractivity contribution is -0.176. The van der Waals surface area contributed by atoms with Crippen molar-refractivity contribution in [2.24, 2.45) is 16.6 Å². The lowest BCUT2D eigenvalue weighted by atomic mass is 9.85. The largest absolute Gasteiger partial charge is 0.748 e. The molecule has 3 heterocycles. The summed E-state index contributed by atoms with van der Waals surface area (Å²) in [6.07, 6.45) is -1.59. The summed E-state index contributed by atoms with van der Waals surface area (Å²) in [4.78, 5) is 63.6. The number of hydrogen-bond acceptors (Lipinski definition) is 22. The highest BCUT2D eigenvalue weighted by molar-refractivity contribution is 7.95. The molecule has 9 N–H and O–H groups in total. The summed E-state index contributed by atoms with van der Waals surface area (Å²) in [5.41, 5.74) is 5.49. The fourth-order valence-electron chi connectivity index (χ4n) is 9.08. The minimum atomic E-state index is -5.24. The van der Waals surface area contributed by atoms with E-state index in [-0.39, 0.29) is 162 Å². The Morgan fingerprint density at radius 1 is 0.864 bits per heavy atom. The Balaban J connectivity index is 0.887. The molecule has 1 saturated heterocycles. The zero-order chi connectivity index (χ0) is 59.1. The van der Waals surface area contributed by atoms with Crippen LogP contribution in [0.3, 0.4) is 0 Å². The van der Waals surface area contributed by atoms with E-state index in [2.05, 4.69) is 15.6 Å². The summed E-state index contributed by atoms with van der Waals surface area (Å²) >= 11 is 0. The first kappa shape index (κ1) is 64.5. The summed E-state index contributed by atoms with van der Waals surface area (Å²) in [5.74, 6) is -5.00. The Morgan fingerprint density at radius 3 is 2.17 bits per heavy atom. The maximum atomic E-state index is 13.9. The normalized spacial score (nSPS) is 18.8. The quantitative estimate of drug-likeness (QED) is 0.0218. The fraction of sp³-hybridized carbons (Fsp3) is 0.542. The molecular weight excluding hydrogens is 1160 g/mol. The number of rotatable bonds is 33. The molecule has 5 atom stereocenters. The van der Waals surface area contributed by atoms with Crippen molar-refractivity contribution in [3.63, 3.8) is 0 Å². The molecule has 0 aromatic heterocycles. The van der Waals surface area contributed by atoms with Crippen LogP contribution in [-0.4, -0.2) is 193 Å². The molecule has 3 unspecified atom stereocenters. The van der Waals surface area contributed by atoms with Crippen LogP contribution in [-0.2, 0) is 74.1 Å². The van der Waals surface area contributed by atoms with E-state index in [4.69, 9.17) is 48.7 Å². The Morgan fingerprint density at radius 2 is 1.52 bits per heavy atom. The van der Waals surface area contributed by atoms with Crippen molar-refractivity contribution in [3.8, 4) is 22.5 Å². The van der Waals surface area contributed by atoms with Gasteiger partial charge in [0.1, 0.15) is 27.8 Å². The van der Waals surface area contributed by atoms with Gasteiger partial charge in [0, 0.05) is 70.6 Å². The van der Waals surface area contributed by atoms with Crippen molar-refractivity contribution in [3.05, 3.63) is 64.2 Å². The van der Waals surface area contributed by atoms with E-state index in [9.17, 15) is 68.3 Å².